The van der Waals surface area contributed by atoms with Crippen LogP contribution >= 0.6 is 22.6 Å². The topological polar surface area (TPSA) is 27.7 Å². The van der Waals surface area contributed by atoms with Crippen LogP contribution in [0.25, 0.3) is 0 Å². The molecule has 0 atom stereocenters. The highest BCUT2D eigenvalue weighted by molar-refractivity contribution is 14.1. The minimum absolute atomic E-state index is 0.332. The number of benzene rings is 1. The van der Waals surface area contributed by atoms with Crippen LogP contribution in [0.15, 0.2) is 12.1 Å². The summed E-state index contributed by atoms with van der Waals surface area (Å²) in [7, 11) is 1.51. The van der Waals surface area contributed by atoms with E-state index >= 15 is 0 Å². The van der Waals surface area contributed by atoms with Crippen molar-refractivity contribution in [3.8, 4) is 5.75 Å². The normalized spacial score (nSPS) is 17.0. The monoisotopic (exact) mass is 324 g/mol. The fourth-order valence-electron chi connectivity index (χ4n) is 1.42. The molecule has 1 aromatic rings. The molecule has 1 aliphatic rings. The summed E-state index contributed by atoms with van der Waals surface area (Å²) in [5.74, 6) is 0.191. The average molecular weight is 324 g/mol. The Morgan fingerprint density at radius 3 is 2.67 bits per heavy atom. The van der Waals surface area contributed by atoms with Gasteiger partial charge < -0.3 is 14.2 Å². The van der Waals surface area contributed by atoms with Gasteiger partial charge >= 0.3 is 0 Å². The largest absolute Gasteiger partial charge is 0.496 e. The summed E-state index contributed by atoms with van der Waals surface area (Å²) in [6.45, 7) is 1.01. The number of rotatable bonds is 2. The number of hydrogen-bond donors (Lipinski definition) is 0. The smallest absolute Gasteiger partial charge is 0.186 e. The van der Waals surface area contributed by atoms with E-state index in [9.17, 15) is 4.39 Å². The highest BCUT2D eigenvalue weighted by atomic mass is 127. The van der Waals surface area contributed by atoms with Crippen LogP contribution in [-0.4, -0.2) is 20.3 Å². The maximum absolute atomic E-state index is 13.9. The fourth-order valence-corrected chi connectivity index (χ4v) is 2.14. The number of hydrogen-bond acceptors (Lipinski definition) is 3. The molecule has 0 aromatic heterocycles. The Bertz CT molecular complexity index is 364. The minimum atomic E-state index is -0.579. The zero-order chi connectivity index (χ0) is 10.8. The first-order valence-corrected chi connectivity index (χ1v) is 5.57. The maximum atomic E-state index is 13.9. The van der Waals surface area contributed by atoms with Gasteiger partial charge in [0.2, 0.25) is 0 Å². The molecule has 0 unspecified atom stereocenters. The van der Waals surface area contributed by atoms with Crippen molar-refractivity contribution in [3.63, 3.8) is 0 Å². The zero-order valence-corrected chi connectivity index (χ0v) is 10.3. The lowest BCUT2D eigenvalue weighted by molar-refractivity contribution is -0.0465. The molecular weight excluding hydrogens is 314 g/mol. The molecule has 0 amide bonds. The molecule has 5 heteroatoms. The van der Waals surface area contributed by atoms with E-state index in [1.807, 2.05) is 22.6 Å². The molecule has 3 nitrogen and oxygen atoms in total. The second kappa shape index (κ2) is 4.63. The Morgan fingerprint density at radius 1 is 1.40 bits per heavy atom. The van der Waals surface area contributed by atoms with Gasteiger partial charge in [-0.3, -0.25) is 0 Å². The summed E-state index contributed by atoms with van der Waals surface area (Å²) < 4.78 is 29.8. The summed E-state index contributed by atoms with van der Waals surface area (Å²) in [6, 6.07) is 3.34. The Hall–Kier alpha value is -0.400. The molecule has 0 saturated carbocycles. The quantitative estimate of drug-likeness (QED) is 0.783. The van der Waals surface area contributed by atoms with Gasteiger partial charge in [0.15, 0.2) is 6.29 Å². The molecule has 15 heavy (non-hydrogen) atoms. The van der Waals surface area contributed by atoms with Crippen molar-refractivity contribution in [2.24, 2.45) is 0 Å². The van der Waals surface area contributed by atoms with Crippen LogP contribution in [0.4, 0.5) is 4.39 Å². The second-order valence-corrected chi connectivity index (χ2v) is 4.14. The Balaban J connectivity index is 2.36. The van der Waals surface area contributed by atoms with E-state index in [4.69, 9.17) is 14.2 Å². The third-order valence-electron chi connectivity index (χ3n) is 2.17. The van der Waals surface area contributed by atoms with Gasteiger partial charge in [-0.15, -0.1) is 0 Å². The van der Waals surface area contributed by atoms with E-state index < -0.39 is 6.29 Å². The lowest BCUT2D eigenvalue weighted by atomic mass is 10.2. The van der Waals surface area contributed by atoms with E-state index in [0.29, 0.717) is 28.1 Å². The number of ether oxygens (including phenoxy) is 3. The summed E-state index contributed by atoms with van der Waals surface area (Å²) >= 11 is 1.91. The number of halogens is 2. The molecule has 1 saturated heterocycles. The molecule has 0 N–H and O–H groups in total. The first-order chi connectivity index (χ1) is 7.24. The van der Waals surface area contributed by atoms with Crippen LogP contribution < -0.4 is 4.74 Å². The zero-order valence-electron chi connectivity index (χ0n) is 8.13. The van der Waals surface area contributed by atoms with Gasteiger partial charge in [0.05, 0.1) is 23.9 Å². The lowest BCUT2D eigenvalue weighted by Crippen LogP contribution is -2.04. The van der Waals surface area contributed by atoms with E-state index in [1.54, 1.807) is 12.1 Å². The standard InChI is InChI=1S/C10H10FIO3/c1-13-7-3-2-6(8(11)9(7)12)10-14-4-5-15-10/h2-3,10H,4-5H2,1H3. The van der Waals surface area contributed by atoms with Crippen LogP contribution in [0, 0.1) is 9.39 Å². The third kappa shape index (κ3) is 2.09. The third-order valence-corrected chi connectivity index (χ3v) is 3.18. The molecule has 1 aromatic carbocycles. The van der Waals surface area contributed by atoms with E-state index in [0.717, 1.165) is 0 Å². The van der Waals surface area contributed by atoms with Crippen molar-refractivity contribution in [3.05, 3.63) is 27.1 Å². The van der Waals surface area contributed by atoms with Gasteiger partial charge in [0.25, 0.3) is 0 Å². The first kappa shape index (κ1) is 11.1. The molecule has 0 aliphatic carbocycles. The van der Waals surface area contributed by atoms with Crippen molar-refractivity contribution in [1.29, 1.82) is 0 Å². The van der Waals surface area contributed by atoms with Crippen molar-refractivity contribution in [1.82, 2.24) is 0 Å². The van der Waals surface area contributed by atoms with Crippen LogP contribution in [0.5, 0.6) is 5.75 Å². The number of methoxy groups -OCH3 is 1. The summed E-state index contributed by atoms with van der Waals surface area (Å²) in [4.78, 5) is 0. The van der Waals surface area contributed by atoms with Crippen molar-refractivity contribution in [2.45, 2.75) is 6.29 Å². The van der Waals surface area contributed by atoms with Gasteiger partial charge in [-0.05, 0) is 34.7 Å². The predicted octanol–water partition coefficient (Wildman–Crippen LogP) is 2.48. The summed E-state index contributed by atoms with van der Waals surface area (Å²) in [5, 5.41) is 0. The van der Waals surface area contributed by atoms with Gasteiger partial charge in [0, 0.05) is 5.56 Å². The van der Waals surface area contributed by atoms with Gasteiger partial charge in [0.1, 0.15) is 11.6 Å². The summed E-state index contributed by atoms with van der Waals surface area (Å²) in [5.41, 5.74) is 0.428. The first-order valence-electron chi connectivity index (χ1n) is 4.49. The molecule has 82 valence electrons. The molecule has 1 heterocycles. The lowest BCUT2D eigenvalue weighted by Gasteiger charge is -2.13. The molecule has 1 aliphatic heterocycles. The summed E-state index contributed by atoms with van der Waals surface area (Å²) in [6.07, 6.45) is -0.579. The maximum Gasteiger partial charge on any atom is 0.186 e. The molecule has 0 spiro atoms. The van der Waals surface area contributed by atoms with Gasteiger partial charge in [-0.1, -0.05) is 0 Å². The van der Waals surface area contributed by atoms with E-state index in [1.165, 1.54) is 7.11 Å². The highest BCUT2D eigenvalue weighted by Crippen LogP contribution is 2.32. The second-order valence-electron chi connectivity index (χ2n) is 3.06. The SMILES string of the molecule is COc1ccc(C2OCCO2)c(F)c1I. The minimum Gasteiger partial charge on any atom is -0.496 e. The predicted molar refractivity (Wildman–Crippen MR) is 60.3 cm³/mol. The molecule has 1 fully saturated rings. The van der Waals surface area contributed by atoms with E-state index in [-0.39, 0.29) is 5.82 Å². The molecule has 2 rings (SSSR count). The van der Waals surface area contributed by atoms with Crippen LogP contribution in [0.2, 0.25) is 0 Å². The Kier molecular flexibility index (Phi) is 3.42. The van der Waals surface area contributed by atoms with Crippen molar-refractivity contribution in [2.75, 3.05) is 20.3 Å². The molecular formula is C10H10FIO3. The van der Waals surface area contributed by atoms with Crippen LogP contribution in [0.1, 0.15) is 11.9 Å². The highest BCUT2D eigenvalue weighted by Gasteiger charge is 2.24. The Labute approximate surface area is 101 Å². The van der Waals surface area contributed by atoms with Crippen LogP contribution in [-0.2, 0) is 9.47 Å². The fraction of sp³-hybridized carbons (Fsp3) is 0.400. The molecule has 0 bridgehead atoms. The Morgan fingerprint density at radius 2 is 2.07 bits per heavy atom. The van der Waals surface area contributed by atoms with E-state index in [2.05, 4.69) is 0 Å². The van der Waals surface area contributed by atoms with Gasteiger partial charge in [-0.2, -0.15) is 0 Å². The van der Waals surface area contributed by atoms with Crippen molar-refractivity contribution < 1.29 is 18.6 Å². The van der Waals surface area contributed by atoms with Crippen LogP contribution in [0.3, 0.4) is 0 Å². The van der Waals surface area contributed by atoms with Crippen molar-refractivity contribution >= 4 is 22.6 Å². The molecule has 0 radical (unpaired) electrons. The van der Waals surface area contributed by atoms with Gasteiger partial charge in [-0.25, -0.2) is 4.39 Å². The average Bonchev–Trinajstić information content (AvgIpc) is 2.75.